The Morgan fingerprint density at radius 1 is 0.889 bits per heavy atom. The predicted molar refractivity (Wildman–Crippen MR) is 129 cm³/mol. The number of hydrogen-bond donors (Lipinski definition) is 2. The number of benzene rings is 3. The first kappa shape index (κ1) is 24.7. The van der Waals surface area contributed by atoms with Crippen LogP contribution in [0.3, 0.4) is 0 Å². The van der Waals surface area contributed by atoms with Gasteiger partial charge in [0.05, 0.1) is 17.6 Å². The number of imidazole rings is 1. The summed E-state index contributed by atoms with van der Waals surface area (Å²) in [4.78, 5) is 29.6. The van der Waals surface area contributed by atoms with Crippen LogP contribution in [0.1, 0.15) is 27.2 Å². The smallest absolute Gasteiger partial charge is 0.368 e. The van der Waals surface area contributed by atoms with Crippen LogP contribution in [-0.2, 0) is 23.9 Å². The molecule has 0 bridgehead atoms. The van der Waals surface area contributed by atoms with E-state index in [-0.39, 0.29) is 12.1 Å². The number of amides is 2. The zero-order chi connectivity index (χ0) is 25.7. The van der Waals surface area contributed by atoms with Crippen molar-refractivity contribution in [1.29, 1.82) is 0 Å². The molecule has 0 radical (unpaired) electrons. The summed E-state index contributed by atoms with van der Waals surface area (Å²) in [7, 11) is 0. The van der Waals surface area contributed by atoms with E-state index in [4.69, 9.17) is 5.73 Å². The average molecular weight is 493 g/mol. The van der Waals surface area contributed by atoms with Gasteiger partial charge in [-0.25, -0.2) is 4.98 Å². The minimum Gasteiger partial charge on any atom is -0.368 e. The van der Waals surface area contributed by atoms with Gasteiger partial charge in [-0.3, -0.25) is 9.59 Å². The lowest BCUT2D eigenvalue weighted by Gasteiger charge is -2.16. The summed E-state index contributed by atoms with van der Waals surface area (Å²) in [6.07, 6.45) is -2.86. The molecule has 36 heavy (non-hydrogen) atoms. The summed E-state index contributed by atoms with van der Waals surface area (Å²) in [5.74, 6) is -1.37. The summed E-state index contributed by atoms with van der Waals surface area (Å²) in [5, 5.41) is 2.63. The second-order valence-corrected chi connectivity index (χ2v) is 8.25. The second-order valence-electron chi connectivity index (χ2n) is 8.25. The van der Waals surface area contributed by atoms with Crippen molar-refractivity contribution in [3.8, 4) is 11.3 Å². The van der Waals surface area contributed by atoms with E-state index in [0.717, 1.165) is 23.3 Å². The van der Waals surface area contributed by atoms with Gasteiger partial charge in [0.1, 0.15) is 6.04 Å². The largest absolute Gasteiger partial charge is 0.416 e. The van der Waals surface area contributed by atoms with E-state index in [1.54, 1.807) is 4.57 Å². The lowest BCUT2D eigenvalue weighted by atomic mass is 10.0. The minimum absolute atomic E-state index is 0.0231. The first-order valence-electron chi connectivity index (χ1n) is 11.1. The molecule has 0 fully saturated rings. The van der Waals surface area contributed by atoms with E-state index in [9.17, 15) is 22.8 Å². The van der Waals surface area contributed by atoms with Crippen LogP contribution < -0.4 is 11.1 Å². The maximum atomic E-state index is 13.3. The van der Waals surface area contributed by atoms with Gasteiger partial charge < -0.3 is 15.6 Å². The normalized spacial score (nSPS) is 12.2. The van der Waals surface area contributed by atoms with E-state index in [1.807, 2.05) is 60.7 Å². The van der Waals surface area contributed by atoms with Crippen molar-refractivity contribution in [3.05, 3.63) is 114 Å². The van der Waals surface area contributed by atoms with Crippen molar-refractivity contribution in [2.45, 2.75) is 25.2 Å². The summed E-state index contributed by atoms with van der Waals surface area (Å²) in [5.41, 5.74) is 7.13. The minimum atomic E-state index is -4.49. The van der Waals surface area contributed by atoms with Gasteiger partial charge in [-0.2, -0.15) is 13.2 Å². The third kappa shape index (κ3) is 5.80. The number of rotatable bonds is 8. The number of nitrogens with zero attached hydrogens (tertiary/aromatic N) is 2. The molecule has 4 aromatic rings. The molecule has 0 aliphatic carbocycles. The maximum absolute atomic E-state index is 13.3. The third-order valence-corrected chi connectivity index (χ3v) is 5.67. The molecule has 2 amide bonds. The van der Waals surface area contributed by atoms with E-state index in [2.05, 4.69) is 10.3 Å². The van der Waals surface area contributed by atoms with Crippen molar-refractivity contribution in [1.82, 2.24) is 14.9 Å². The van der Waals surface area contributed by atoms with Crippen molar-refractivity contribution in [3.63, 3.8) is 0 Å². The van der Waals surface area contributed by atoms with Gasteiger partial charge in [0.15, 0.2) is 5.69 Å². The highest BCUT2D eigenvalue weighted by Gasteiger charge is 2.31. The van der Waals surface area contributed by atoms with E-state index in [1.165, 1.54) is 18.5 Å². The number of aromatic nitrogens is 2. The molecule has 0 unspecified atom stereocenters. The number of nitrogens with one attached hydrogen (secondary N) is 1. The number of hydrogen-bond acceptors (Lipinski definition) is 3. The summed E-state index contributed by atoms with van der Waals surface area (Å²) in [6.45, 7) is 0.334. The molecule has 3 aromatic carbocycles. The number of primary amides is 1. The van der Waals surface area contributed by atoms with E-state index >= 15 is 0 Å². The van der Waals surface area contributed by atoms with Crippen LogP contribution in [0.5, 0.6) is 0 Å². The van der Waals surface area contributed by atoms with Gasteiger partial charge in [-0.1, -0.05) is 72.8 Å². The highest BCUT2D eigenvalue weighted by Crippen LogP contribution is 2.32. The number of alkyl halides is 3. The van der Waals surface area contributed by atoms with E-state index < -0.39 is 29.6 Å². The summed E-state index contributed by atoms with van der Waals surface area (Å²) >= 11 is 0. The molecule has 1 aromatic heterocycles. The van der Waals surface area contributed by atoms with Crippen LogP contribution in [0.4, 0.5) is 13.2 Å². The van der Waals surface area contributed by atoms with Crippen LogP contribution in [0.2, 0.25) is 0 Å². The molecule has 1 heterocycles. The molecular weight excluding hydrogens is 469 g/mol. The first-order chi connectivity index (χ1) is 17.2. The Morgan fingerprint density at radius 3 is 2.03 bits per heavy atom. The molecule has 1 atom stereocenters. The van der Waals surface area contributed by atoms with Gasteiger partial charge in [-0.05, 0) is 23.3 Å². The highest BCUT2D eigenvalue weighted by molar-refractivity contribution is 6.00. The fourth-order valence-electron chi connectivity index (χ4n) is 3.87. The number of nitrogens with two attached hydrogens (primary N) is 1. The monoisotopic (exact) mass is 492 g/mol. The van der Waals surface area contributed by atoms with Gasteiger partial charge in [-0.15, -0.1) is 0 Å². The van der Waals surface area contributed by atoms with Crippen LogP contribution >= 0.6 is 0 Å². The molecule has 0 spiro atoms. The third-order valence-electron chi connectivity index (χ3n) is 5.67. The fraction of sp³-hybridized carbons (Fsp3) is 0.148. The molecule has 184 valence electrons. The van der Waals surface area contributed by atoms with Crippen LogP contribution in [0, 0.1) is 0 Å². The summed E-state index contributed by atoms with van der Waals surface area (Å²) < 4.78 is 41.0. The Hall–Kier alpha value is -4.40. The molecular formula is C27H23F3N4O2. The van der Waals surface area contributed by atoms with Crippen molar-refractivity contribution in [2.24, 2.45) is 5.73 Å². The molecule has 9 heteroatoms. The van der Waals surface area contributed by atoms with Gasteiger partial charge in [0, 0.05) is 18.5 Å². The van der Waals surface area contributed by atoms with Crippen molar-refractivity contribution >= 4 is 11.8 Å². The van der Waals surface area contributed by atoms with Gasteiger partial charge in [0.25, 0.3) is 5.91 Å². The van der Waals surface area contributed by atoms with Crippen molar-refractivity contribution in [2.75, 3.05) is 0 Å². The van der Waals surface area contributed by atoms with Gasteiger partial charge in [0.2, 0.25) is 5.91 Å². The van der Waals surface area contributed by atoms with Crippen molar-refractivity contribution < 1.29 is 22.8 Å². The Balaban J connectivity index is 1.68. The Labute approximate surface area is 205 Å². The first-order valence-corrected chi connectivity index (χ1v) is 11.1. The topological polar surface area (TPSA) is 90.0 Å². The molecule has 4 rings (SSSR count). The molecule has 6 nitrogen and oxygen atoms in total. The zero-order valence-electron chi connectivity index (χ0n) is 19.1. The molecule has 3 N–H and O–H groups in total. The molecule has 0 aliphatic rings. The quantitative estimate of drug-likeness (QED) is 0.381. The fourth-order valence-corrected chi connectivity index (χ4v) is 3.87. The Bertz CT molecular complexity index is 1340. The Kier molecular flexibility index (Phi) is 7.19. The van der Waals surface area contributed by atoms with Crippen LogP contribution in [0.25, 0.3) is 11.3 Å². The molecule has 0 aliphatic heterocycles. The van der Waals surface area contributed by atoms with E-state index in [0.29, 0.717) is 17.8 Å². The standard InChI is InChI=1S/C27H23F3N4O2/c28-27(29,30)21-13-11-20(12-14-21)24-23(32-17-34(24)16-19-9-5-2-6-10-19)26(36)33-22(25(31)35)15-18-7-3-1-4-8-18/h1-14,17,22H,15-16H2,(H2,31,35)(H,33,36)/t22-/m0/s1. The molecule has 0 saturated heterocycles. The lowest BCUT2D eigenvalue weighted by molar-refractivity contribution is -0.137. The number of carbonyl (C=O) groups is 2. The maximum Gasteiger partial charge on any atom is 0.416 e. The predicted octanol–water partition coefficient (Wildman–Crippen LogP) is 4.44. The lowest BCUT2D eigenvalue weighted by Crippen LogP contribution is -2.46. The summed E-state index contributed by atoms with van der Waals surface area (Å²) in [6, 6.07) is 21.9. The van der Waals surface area contributed by atoms with Gasteiger partial charge >= 0.3 is 6.18 Å². The Morgan fingerprint density at radius 2 is 1.47 bits per heavy atom. The van der Waals surface area contributed by atoms with Crippen LogP contribution in [-0.4, -0.2) is 27.4 Å². The number of halogens is 3. The van der Waals surface area contributed by atoms with Crippen LogP contribution in [0.15, 0.2) is 91.3 Å². The SMILES string of the molecule is NC(=O)[C@H](Cc1ccccc1)NC(=O)c1ncn(Cc2ccccc2)c1-c1ccc(C(F)(F)F)cc1. The second kappa shape index (κ2) is 10.5. The molecule has 0 saturated carbocycles. The average Bonchev–Trinajstić information content (AvgIpc) is 3.28. The highest BCUT2D eigenvalue weighted by atomic mass is 19.4. The number of carbonyl (C=O) groups excluding carboxylic acids is 2. The zero-order valence-corrected chi connectivity index (χ0v) is 19.1.